The van der Waals surface area contributed by atoms with Gasteiger partial charge in [-0.1, -0.05) is 6.07 Å². The average molecular weight is 290 g/mol. The Morgan fingerprint density at radius 3 is 2.38 bits per heavy atom. The molecule has 0 aromatic heterocycles. The lowest BCUT2D eigenvalue weighted by Gasteiger charge is -2.19. The van der Waals surface area contributed by atoms with Gasteiger partial charge in [0.2, 0.25) is 0 Å². The number of aromatic carboxylic acids is 1. The summed E-state index contributed by atoms with van der Waals surface area (Å²) >= 11 is 0. The first kappa shape index (κ1) is 14.4. The summed E-state index contributed by atoms with van der Waals surface area (Å²) in [6.07, 6.45) is 0. The largest absolute Gasteiger partial charge is 0.477 e. The van der Waals surface area contributed by atoms with Gasteiger partial charge in [-0.05, 0) is 36.4 Å². The van der Waals surface area contributed by atoms with Crippen LogP contribution in [0.3, 0.4) is 0 Å². The van der Waals surface area contributed by atoms with E-state index in [9.17, 15) is 19.3 Å². The summed E-state index contributed by atoms with van der Waals surface area (Å²) in [5, 5.41) is 20.2. The summed E-state index contributed by atoms with van der Waals surface area (Å²) in [7, 11) is 1.54. The van der Waals surface area contributed by atoms with E-state index < -0.39 is 28.0 Å². The van der Waals surface area contributed by atoms with Gasteiger partial charge in [-0.15, -0.1) is 0 Å². The van der Waals surface area contributed by atoms with E-state index in [1.165, 1.54) is 47.4 Å². The van der Waals surface area contributed by atoms with E-state index in [1.54, 1.807) is 7.05 Å². The lowest BCUT2D eigenvalue weighted by Crippen LogP contribution is -2.14. The van der Waals surface area contributed by atoms with Gasteiger partial charge in [0, 0.05) is 12.7 Å². The molecule has 0 aliphatic rings. The fourth-order valence-electron chi connectivity index (χ4n) is 1.97. The fourth-order valence-corrected chi connectivity index (χ4v) is 1.97. The van der Waals surface area contributed by atoms with Crippen molar-refractivity contribution in [2.24, 2.45) is 0 Å². The van der Waals surface area contributed by atoms with Gasteiger partial charge in [0.25, 0.3) is 0 Å². The second-order valence-corrected chi connectivity index (χ2v) is 4.27. The third-order valence-corrected chi connectivity index (χ3v) is 3.00. The minimum atomic E-state index is -1.38. The molecule has 6 nitrogen and oxygen atoms in total. The normalized spacial score (nSPS) is 10.2. The number of nitrogens with zero attached hydrogens (tertiary/aromatic N) is 2. The van der Waals surface area contributed by atoms with Crippen molar-refractivity contribution in [1.29, 1.82) is 0 Å². The highest BCUT2D eigenvalue weighted by Crippen LogP contribution is 2.35. The maximum absolute atomic E-state index is 12.9. The molecule has 2 rings (SSSR count). The second-order valence-electron chi connectivity index (χ2n) is 4.27. The van der Waals surface area contributed by atoms with Crippen molar-refractivity contribution >= 4 is 23.0 Å². The molecule has 0 spiro atoms. The van der Waals surface area contributed by atoms with Crippen LogP contribution in [0.15, 0.2) is 42.5 Å². The standard InChI is InChI=1S/C14H11FN2O4/c1-16(10-7-5-9(15)6-8-10)12-4-2-3-11(14(18)19)13(12)17(20)21/h2-8H,1H3,(H,18,19). The number of carboxylic acids is 1. The maximum Gasteiger partial charge on any atom is 0.342 e. The minimum absolute atomic E-state index is 0.117. The van der Waals surface area contributed by atoms with E-state index in [4.69, 9.17) is 5.11 Å². The van der Waals surface area contributed by atoms with Crippen molar-refractivity contribution in [1.82, 2.24) is 0 Å². The van der Waals surface area contributed by atoms with E-state index in [-0.39, 0.29) is 5.69 Å². The molecule has 1 N–H and O–H groups in total. The van der Waals surface area contributed by atoms with Crippen LogP contribution in [0.5, 0.6) is 0 Å². The van der Waals surface area contributed by atoms with Crippen LogP contribution in [0.2, 0.25) is 0 Å². The van der Waals surface area contributed by atoms with Gasteiger partial charge in [-0.2, -0.15) is 0 Å². The van der Waals surface area contributed by atoms with Gasteiger partial charge in [0.05, 0.1) is 4.92 Å². The van der Waals surface area contributed by atoms with Gasteiger partial charge < -0.3 is 10.0 Å². The van der Waals surface area contributed by atoms with Crippen molar-refractivity contribution in [3.63, 3.8) is 0 Å². The highest BCUT2D eigenvalue weighted by molar-refractivity contribution is 5.96. The third kappa shape index (κ3) is 2.81. The van der Waals surface area contributed by atoms with Crippen molar-refractivity contribution < 1.29 is 19.2 Å². The quantitative estimate of drug-likeness (QED) is 0.690. The smallest absolute Gasteiger partial charge is 0.342 e. The second kappa shape index (κ2) is 5.58. The monoisotopic (exact) mass is 290 g/mol. The summed E-state index contributed by atoms with van der Waals surface area (Å²) in [6.45, 7) is 0. The Labute approximate surface area is 119 Å². The van der Waals surface area contributed by atoms with Gasteiger partial charge in [0.1, 0.15) is 17.1 Å². The first-order valence-corrected chi connectivity index (χ1v) is 5.92. The molecule has 0 unspecified atom stereocenters. The molecule has 0 aliphatic heterocycles. The summed E-state index contributed by atoms with van der Waals surface area (Å²) in [4.78, 5) is 23.0. The van der Waals surface area contributed by atoms with Gasteiger partial charge in [-0.25, -0.2) is 9.18 Å². The first-order valence-electron chi connectivity index (χ1n) is 5.92. The first-order chi connectivity index (χ1) is 9.91. The topological polar surface area (TPSA) is 83.7 Å². The minimum Gasteiger partial charge on any atom is -0.477 e. The van der Waals surface area contributed by atoms with Crippen LogP contribution >= 0.6 is 0 Å². The number of hydrogen-bond donors (Lipinski definition) is 1. The van der Waals surface area contributed by atoms with Crippen molar-refractivity contribution in [3.05, 3.63) is 64.0 Å². The predicted octanol–water partition coefficient (Wildman–Crippen LogP) is 3.20. The molecule has 0 heterocycles. The van der Waals surface area contributed by atoms with Crippen molar-refractivity contribution in [2.45, 2.75) is 0 Å². The highest BCUT2D eigenvalue weighted by Gasteiger charge is 2.26. The lowest BCUT2D eigenvalue weighted by molar-refractivity contribution is -0.384. The summed E-state index contributed by atoms with van der Waals surface area (Å²) < 4.78 is 12.9. The molecule has 21 heavy (non-hydrogen) atoms. The van der Waals surface area contributed by atoms with E-state index in [0.29, 0.717) is 5.69 Å². The number of halogens is 1. The fraction of sp³-hybridized carbons (Fsp3) is 0.0714. The summed E-state index contributed by atoms with van der Waals surface area (Å²) in [5.74, 6) is -1.81. The molecule has 7 heteroatoms. The average Bonchev–Trinajstić information content (AvgIpc) is 2.46. The molecular weight excluding hydrogens is 279 g/mol. The molecule has 0 atom stereocenters. The maximum atomic E-state index is 12.9. The number of para-hydroxylation sites is 1. The number of rotatable bonds is 4. The Kier molecular flexibility index (Phi) is 3.84. The number of carbonyl (C=O) groups is 1. The summed E-state index contributed by atoms with van der Waals surface area (Å²) in [6, 6.07) is 9.37. The van der Waals surface area contributed by atoms with Crippen LogP contribution in [-0.4, -0.2) is 23.0 Å². The lowest BCUT2D eigenvalue weighted by atomic mass is 10.1. The third-order valence-electron chi connectivity index (χ3n) is 3.00. The number of nitro benzene ring substituents is 1. The van der Waals surface area contributed by atoms with E-state index in [1.807, 2.05) is 0 Å². The SMILES string of the molecule is CN(c1ccc(F)cc1)c1cccc(C(=O)O)c1[N+](=O)[O-]. The van der Waals surface area contributed by atoms with Crippen LogP contribution in [0.25, 0.3) is 0 Å². The zero-order chi connectivity index (χ0) is 15.6. The Balaban J connectivity index is 2.57. The van der Waals surface area contributed by atoms with Crippen molar-refractivity contribution in [2.75, 3.05) is 11.9 Å². The number of benzene rings is 2. The number of hydrogen-bond acceptors (Lipinski definition) is 4. The molecule has 0 saturated heterocycles. The van der Waals surface area contributed by atoms with Gasteiger partial charge in [0.15, 0.2) is 0 Å². The van der Waals surface area contributed by atoms with Crippen molar-refractivity contribution in [3.8, 4) is 0 Å². The number of carboxylic acid groups (broad SMARTS) is 1. The molecule has 108 valence electrons. The van der Waals surface area contributed by atoms with Crippen LogP contribution < -0.4 is 4.90 Å². The Bertz CT molecular complexity index is 701. The molecule has 2 aromatic rings. The zero-order valence-electron chi connectivity index (χ0n) is 11.0. The molecular formula is C14H11FN2O4. The Hall–Kier alpha value is -2.96. The van der Waals surface area contributed by atoms with Gasteiger partial charge >= 0.3 is 11.7 Å². The Morgan fingerprint density at radius 1 is 1.24 bits per heavy atom. The molecule has 0 radical (unpaired) electrons. The number of nitro groups is 1. The zero-order valence-corrected chi connectivity index (χ0v) is 11.0. The number of anilines is 2. The molecule has 0 saturated carbocycles. The molecule has 0 aliphatic carbocycles. The molecule has 2 aromatic carbocycles. The van der Waals surface area contributed by atoms with E-state index >= 15 is 0 Å². The predicted molar refractivity (Wildman–Crippen MR) is 74.5 cm³/mol. The molecule has 0 amide bonds. The molecule has 0 bridgehead atoms. The van der Waals surface area contributed by atoms with E-state index in [0.717, 1.165) is 0 Å². The Morgan fingerprint density at radius 2 is 1.86 bits per heavy atom. The van der Waals surface area contributed by atoms with Crippen LogP contribution in [-0.2, 0) is 0 Å². The van der Waals surface area contributed by atoms with Gasteiger partial charge in [-0.3, -0.25) is 10.1 Å². The van der Waals surface area contributed by atoms with Crippen LogP contribution in [0, 0.1) is 15.9 Å². The highest BCUT2D eigenvalue weighted by atomic mass is 19.1. The van der Waals surface area contributed by atoms with E-state index in [2.05, 4.69) is 0 Å². The van der Waals surface area contributed by atoms with Crippen LogP contribution in [0.4, 0.5) is 21.5 Å². The summed E-state index contributed by atoms with van der Waals surface area (Å²) in [5.41, 5.74) is -0.281. The molecule has 0 fully saturated rings. The van der Waals surface area contributed by atoms with Crippen LogP contribution in [0.1, 0.15) is 10.4 Å².